The lowest BCUT2D eigenvalue weighted by atomic mass is 10.3. The van der Waals surface area contributed by atoms with E-state index in [-0.39, 0.29) is 37.2 Å². The van der Waals surface area contributed by atoms with Crippen LogP contribution in [0.3, 0.4) is 0 Å². The van der Waals surface area contributed by atoms with Crippen LogP contribution in [0, 0.1) is 11.6 Å². The van der Waals surface area contributed by atoms with Gasteiger partial charge in [-0.3, -0.25) is 4.79 Å². The highest BCUT2D eigenvalue weighted by molar-refractivity contribution is 5.88. The molecule has 19 heavy (non-hydrogen) atoms. The van der Waals surface area contributed by atoms with E-state index < -0.39 is 17.2 Å². The van der Waals surface area contributed by atoms with Crippen molar-refractivity contribution in [3.63, 3.8) is 0 Å². The highest BCUT2D eigenvalue weighted by Gasteiger charge is 2.45. The van der Waals surface area contributed by atoms with E-state index in [4.69, 9.17) is 10.5 Å². The molecule has 1 aliphatic carbocycles. The van der Waals surface area contributed by atoms with Gasteiger partial charge in [-0.05, 0) is 25.0 Å². The lowest BCUT2D eigenvalue weighted by molar-refractivity contribution is -0.123. The molecule has 4 nitrogen and oxygen atoms in total. The van der Waals surface area contributed by atoms with Crippen LogP contribution in [-0.2, 0) is 4.79 Å². The summed E-state index contributed by atoms with van der Waals surface area (Å²) in [5.74, 6) is -1.86. The number of nitrogens with two attached hydrogens (primary N) is 1. The third kappa shape index (κ3) is 4.04. The van der Waals surface area contributed by atoms with Gasteiger partial charge >= 0.3 is 0 Å². The van der Waals surface area contributed by atoms with Crippen molar-refractivity contribution in [2.24, 2.45) is 5.73 Å². The van der Waals surface area contributed by atoms with E-state index in [1.165, 1.54) is 6.07 Å². The van der Waals surface area contributed by atoms with Gasteiger partial charge in [-0.2, -0.15) is 0 Å². The van der Waals surface area contributed by atoms with E-state index in [2.05, 4.69) is 5.32 Å². The molecule has 0 bridgehead atoms. The van der Waals surface area contributed by atoms with Crippen molar-refractivity contribution < 1.29 is 18.3 Å². The van der Waals surface area contributed by atoms with Crippen molar-refractivity contribution in [3.8, 4) is 5.75 Å². The molecule has 0 saturated heterocycles. The third-order valence-electron chi connectivity index (χ3n) is 2.79. The van der Waals surface area contributed by atoms with Gasteiger partial charge in [0.2, 0.25) is 5.91 Å². The quantitative estimate of drug-likeness (QED) is 0.806. The predicted octanol–water partition coefficient (Wildman–Crippen LogP) is 1.37. The van der Waals surface area contributed by atoms with E-state index in [9.17, 15) is 13.6 Å². The van der Waals surface area contributed by atoms with Crippen molar-refractivity contribution in [3.05, 3.63) is 29.8 Å². The Kier molecular flexibility index (Phi) is 5.08. The van der Waals surface area contributed by atoms with Crippen LogP contribution in [0.5, 0.6) is 5.75 Å². The molecule has 106 valence electrons. The number of carbonyl (C=O) groups excluding carboxylic acids is 1. The molecular weight excluding hydrogens is 278 g/mol. The van der Waals surface area contributed by atoms with E-state index in [1.807, 2.05) is 0 Å². The molecule has 1 saturated carbocycles. The zero-order chi connectivity index (χ0) is 13.2. The van der Waals surface area contributed by atoms with Crippen LogP contribution in [-0.4, -0.2) is 24.6 Å². The molecule has 1 aromatic carbocycles. The average Bonchev–Trinajstić information content (AvgIpc) is 3.08. The van der Waals surface area contributed by atoms with Gasteiger partial charge in [-0.15, -0.1) is 12.4 Å². The standard InChI is InChI=1S/C12H14F2N2O2.ClH/c13-9-2-1-8(7-10(9)14)18-6-5-16-11(17)12(15)3-4-12;/h1-2,7H,3-6,15H2,(H,16,17);1H. The SMILES string of the molecule is Cl.NC1(C(=O)NCCOc2ccc(F)c(F)c2)CC1. The zero-order valence-corrected chi connectivity index (χ0v) is 10.9. The monoisotopic (exact) mass is 292 g/mol. The normalized spacial score (nSPS) is 15.3. The van der Waals surface area contributed by atoms with Gasteiger partial charge in [0, 0.05) is 6.07 Å². The fraction of sp³-hybridized carbons (Fsp3) is 0.417. The molecule has 1 amide bonds. The Morgan fingerprint density at radius 2 is 2.05 bits per heavy atom. The highest BCUT2D eigenvalue weighted by atomic mass is 35.5. The summed E-state index contributed by atoms with van der Waals surface area (Å²) in [4.78, 5) is 11.4. The molecule has 7 heteroatoms. The Hall–Kier alpha value is -1.40. The summed E-state index contributed by atoms with van der Waals surface area (Å²) >= 11 is 0. The molecule has 1 aliphatic rings. The summed E-state index contributed by atoms with van der Waals surface area (Å²) in [6, 6.07) is 3.27. The van der Waals surface area contributed by atoms with E-state index >= 15 is 0 Å². The molecule has 1 aromatic rings. The first-order chi connectivity index (χ1) is 8.51. The van der Waals surface area contributed by atoms with Gasteiger partial charge in [0.15, 0.2) is 11.6 Å². The molecule has 0 atom stereocenters. The van der Waals surface area contributed by atoms with Crippen LogP contribution in [0.1, 0.15) is 12.8 Å². The molecule has 0 spiro atoms. The van der Waals surface area contributed by atoms with Gasteiger partial charge in [-0.25, -0.2) is 8.78 Å². The molecular formula is C12H15ClF2N2O2. The minimum atomic E-state index is -0.963. The first kappa shape index (κ1) is 15.7. The molecule has 0 unspecified atom stereocenters. The number of hydrogen-bond donors (Lipinski definition) is 2. The van der Waals surface area contributed by atoms with Gasteiger partial charge < -0.3 is 15.8 Å². The number of halogens is 3. The molecule has 0 aliphatic heterocycles. The molecule has 3 N–H and O–H groups in total. The number of carbonyl (C=O) groups is 1. The highest BCUT2D eigenvalue weighted by Crippen LogP contribution is 2.31. The fourth-order valence-corrected chi connectivity index (χ4v) is 1.44. The number of hydrogen-bond acceptors (Lipinski definition) is 3. The first-order valence-electron chi connectivity index (χ1n) is 5.66. The Bertz CT molecular complexity index is 467. The first-order valence-corrected chi connectivity index (χ1v) is 5.66. The van der Waals surface area contributed by atoms with Gasteiger partial charge in [-0.1, -0.05) is 0 Å². The molecule has 1 fully saturated rings. The van der Waals surface area contributed by atoms with Crippen molar-refractivity contribution in [1.29, 1.82) is 0 Å². The summed E-state index contributed by atoms with van der Waals surface area (Å²) in [5.41, 5.74) is 4.97. The van der Waals surface area contributed by atoms with Gasteiger partial charge in [0.05, 0.1) is 12.1 Å². The van der Waals surface area contributed by atoms with Crippen molar-refractivity contribution >= 4 is 18.3 Å². The Morgan fingerprint density at radius 3 is 2.63 bits per heavy atom. The minimum absolute atomic E-state index is 0. The van der Waals surface area contributed by atoms with Crippen LogP contribution in [0.4, 0.5) is 8.78 Å². The van der Waals surface area contributed by atoms with Crippen molar-refractivity contribution in [2.75, 3.05) is 13.2 Å². The summed E-state index contributed by atoms with van der Waals surface area (Å²) in [6.45, 7) is 0.448. The summed E-state index contributed by atoms with van der Waals surface area (Å²) in [5, 5.41) is 2.62. The second-order valence-corrected chi connectivity index (χ2v) is 4.34. The van der Waals surface area contributed by atoms with Crippen LogP contribution < -0.4 is 15.8 Å². The van der Waals surface area contributed by atoms with E-state index in [0.29, 0.717) is 12.8 Å². The van der Waals surface area contributed by atoms with Crippen LogP contribution in [0.2, 0.25) is 0 Å². The second kappa shape index (κ2) is 6.16. The topological polar surface area (TPSA) is 64.4 Å². The Morgan fingerprint density at radius 1 is 1.37 bits per heavy atom. The fourth-order valence-electron chi connectivity index (χ4n) is 1.44. The predicted molar refractivity (Wildman–Crippen MR) is 68.3 cm³/mol. The third-order valence-corrected chi connectivity index (χ3v) is 2.79. The van der Waals surface area contributed by atoms with Crippen LogP contribution >= 0.6 is 12.4 Å². The van der Waals surface area contributed by atoms with Crippen LogP contribution in [0.25, 0.3) is 0 Å². The number of amides is 1. The Labute approximate surface area is 115 Å². The van der Waals surface area contributed by atoms with Gasteiger partial charge in [0.25, 0.3) is 0 Å². The second-order valence-electron chi connectivity index (χ2n) is 4.34. The van der Waals surface area contributed by atoms with E-state index in [1.54, 1.807) is 0 Å². The minimum Gasteiger partial charge on any atom is -0.492 e. The smallest absolute Gasteiger partial charge is 0.240 e. The summed E-state index contributed by atoms with van der Waals surface area (Å²) < 4.78 is 30.6. The number of benzene rings is 1. The van der Waals surface area contributed by atoms with Crippen molar-refractivity contribution in [2.45, 2.75) is 18.4 Å². The van der Waals surface area contributed by atoms with Crippen molar-refractivity contribution in [1.82, 2.24) is 5.32 Å². The average molecular weight is 293 g/mol. The Balaban J connectivity index is 0.00000180. The molecule has 0 heterocycles. The summed E-state index contributed by atoms with van der Waals surface area (Å²) in [7, 11) is 0. The number of rotatable bonds is 5. The summed E-state index contributed by atoms with van der Waals surface area (Å²) in [6.07, 6.45) is 1.39. The molecule has 2 rings (SSSR count). The molecule has 0 aromatic heterocycles. The maximum atomic E-state index is 12.8. The number of nitrogens with one attached hydrogen (secondary N) is 1. The lowest BCUT2D eigenvalue weighted by Gasteiger charge is -2.11. The lowest BCUT2D eigenvalue weighted by Crippen LogP contribution is -2.44. The van der Waals surface area contributed by atoms with Crippen LogP contribution in [0.15, 0.2) is 18.2 Å². The van der Waals surface area contributed by atoms with Gasteiger partial charge in [0.1, 0.15) is 12.4 Å². The maximum Gasteiger partial charge on any atom is 0.240 e. The maximum absolute atomic E-state index is 12.8. The molecule has 0 radical (unpaired) electrons. The van der Waals surface area contributed by atoms with E-state index in [0.717, 1.165) is 12.1 Å². The number of ether oxygens (including phenoxy) is 1. The largest absolute Gasteiger partial charge is 0.492 e. The zero-order valence-electron chi connectivity index (χ0n) is 10.1.